The van der Waals surface area contributed by atoms with Crippen molar-refractivity contribution in [1.29, 1.82) is 0 Å². The maximum Gasteiger partial charge on any atom is 0.0704 e. The molecule has 0 unspecified atom stereocenters. The first-order chi connectivity index (χ1) is 6.58. The average molecular weight is 274 g/mol. The first kappa shape index (κ1) is 12.0. The second-order valence-electron chi connectivity index (χ2n) is 3.67. The van der Waals surface area contributed by atoms with Crippen LogP contribution in [0.5, 0.6) is 0 Å². The molecule has 0 spiro atoms. The van der Waals surface area contributed by atoms with Crippen LogP contribution < -0.4 is 5.32 Å². The van der Waals surface area contributed by atoms with Gasteiger partial charge >= 0.3 is 0 Å². The Kier molecular flexibility index (Phi) is 4.85. The van der Waals surface area contributed by atoms with E-state index in [1.807, 2.05) is 0 Å². The number of halogens is 1. The maximum absolute atomic E-state index is 3.46. The zero-order valence-electron chi connectivity index (χ0n) is 8.80. The molecular formula is C11H16BrNS. The summed E-state index contributed by atoms with van der Waals surface area (Å²) >= 11 is 5.22. The van der Waals surface area contributed by atoms with Crippen LogP contribution in [0.25, 0.3) is 6.08 Å². The van der Waals surface area contributed by atoms with Crippen molar-refractivity contribution in [1.82, 2.24) is 5.32 Å². The molecule has 0 radical (unpaired) electrons. The smallest absolute Gasteiger partial charge is 0.0704 e. The lowest BCUT2D eigenvalue weighted by Gasteiger charge is -2.07. The van der Waals surface area contributed by atoms with Gasteiger partial charge in [0.2, 0.25) is 0 Å². The molecule has 1 nitrogen and oxygen atoms in total. The SMILES string of the molecule is CC(=Cc1ccc(Br)s1)CNC(C)C. The van der Waals surface area contributed by atoms with Crippen molar-refractivity contribution in [2.24, 2.45) is 0 Å². The fourth-order valence-corrected chi connectivity index (χ4v) is 2.52. The number of hydrogen-bond acceptors (Lipinski definition) is 2. The molecule has 0 fully saturated rings. The van der Waals surface area contributed by atoms with Crippen LogP contribution >= 0.6 is 27.3 Å². The van der Waals surface area contributed by atoms with E-state index in [1.165, 1.54) is 14.2 Å². The van der Waals surface area contributed by atoms with Gasteiger partial charge in [-0.1, -0.05) is 19.4 Å². The highest BCUT2D eigenvalue weighted by atomic mass is 79.9. The topological polar surface area (TPSA) is 12.0 Å². The van der Waals surface area contributed by atoms with Crippen molar-refractivity contribution in [2.45, 2.75) is 26.8 Å². The van der Waals surface area contributed by atoms with E-state index in [1.54, 1.807) is 11.3 Å². The summed E-state index contributed by atoms with van der Waals surface area (Å²) in [5, 5.41) is 3.40. The Balaban J connectivity index is 2.51. The molecule has 0 atom stereocenters. The van der Waals surface area contributed by atoms with E-state index in [0.717, 1.165) is 6.54 Å². The quantitative estimate of drug-likeness (QED) is 0.877. The molecule has 1 aromatic rings. The minimum absolute atomic E-state index is 0.549. The van der Waals surface area contributed by atoms with Gasteiger partial charge in [0.15, 0.2) is 0 Å². The lowest BCUT2D eigenvalue weighted by molar-refractivity contribution is 0.623. The molecule has 1 aromatic heterocycles. The molecule has 0 aliphatic heterocycles. The van der Waals surface area contributed by atoms with E-state index in [9.17, 15) is 0 Å². The highest BCUT2D eigenvalue weighted by Crippen LogP contribution is 2.23. The number of thiophene rings is 1. The van der Waals surface area contributed by atoms with Crippen molar-refractivity contribution >= 4 is 33.3 Å². The van der Waals surface area contributed by atoms with Gasteiger partial charge in [-0.3, -0.25) is 0 Å². The second kappa shape index (κ2) is 5.69. The Bertz CT molecular complexity index is 315. The highest BCUT2D eigenvalue weighted by Gasteiger charge is 1.96. The summed E-state index contributed by atoms with van der Waals surface area (Å²) in [5.41, 5.74) is 1.37. The van der Waals surface area contributed by atoms with Crippen molar-refractivity contribution in [3.8, 4) is 0 Å². The van der Waals surface area contributed by atoms with Crippen LogP contribution in [0.4, 0.5) is 0 Å². The van der Waals surface area contributed by atoms with Crippen LogP contribution in [0.15, 0.2) is 21.5 Å². The van der Waals surface area contributed by atoms with Crippen LogP contribution in [0, 0.1) is 0 Å². The summed E-state index contributed by atoms with van der Waals surface area (Å²) in [6.07, 6.45) is 2.23. The summed E-state index contributed by atoms with van der Waals surface area (Å²) in [5.74, 6) is 0. The predicted molar refractivity (Wildman–Crippen MR) is 68.8 cm³/mol. The number of hydrogen-bond donors (Lipinski definition) is 1. The zero-order chi connectivity index (χ0) is 10.6. The van der Waals surface area contributed by atoms with Crippen LogP contribution in [-0.4, -0.2) is 12.6 Å². The largest absolute Gasteiger partial charge is 0.311 e. The standard InChI is InChI=1S/C11H16BrNS/c1-8(2)13-7-9(3)6-10-4-5-11(12)14-10/h4-6,8,13H,7H2,1-3H3. The number of nitrogens with one attached hydrogen (secondary N) is 1. The van der Waals surface area contributed by atoms with Gasteiger partial charge in [0, 0.05) is 17.5 Å². The van der Waals surface area contributed by atoms with Crippen molar-refractivity contribution in [2.75, 3.05) is 6.54 Å². The summed E-state index contributed by atoms with van der Waals surface area (Å²) in [4.78, 5) is 1.31. The van der Waals surface area contributed by atoms with Gasteiger partial charge in [0.25, 0.3) is 0 Å². The van der Waals surface area contributed by atoms with Gasteiger partial charge < -0.3 is 5.32 Å². The monoisotopic (exact) mass is 273 g/mol. The molecule has 0 aliphatic rings. The van der Waals surface area contributed by atoms with Crippen molar-refractivity contribution < 1.29 is 0 Å². The Morgan fingerprint density at radius 3 is 2.79 bits per heavy atom. The Morgan fingerprint density at radius 2 is 2.29 bits per heavy atom. The first-order valence-electron chi connectivity index (χ1n) is 4.74. The molecule has 3 heteroatoms. The molecule has 1 N–H and O–H groups in total. The molecule has 0 saturated carbocycles. The molecule has 0 amide bonds. The van der Waals surface area contributed by atoms with Gasteiger partial charge in [-0.15, -0.1) is 11.3 Å². The van der Waals surface area contributed by atoms with E-state index in [4.69, 9.17) is 0 Å². The van der Waals surface area contributed by atoms with Crippen LogP contribution in [0.1, 0.15) is 25.6 Å². The molecule has 0 aliphatic carbocycles. The minimum Gasteiger partial charge on any atom is -0.311 e. The summed E-state index contributed by atoms with van der Waals surface area (Å²) in [7, 11) is 0. The van der Waals surface area contributed by atoms with E-state index in [0.29, 0.717) is 6.04 Å². The second-order valence-corrected chi connectivity index (χ2v) is 6.16. The van der Waals surface area contributed by atoms with Crippen LogP contribution in [-0.2, 0) is 0 Å². The minimum atomic E-state index is 0.549. The van der Waals surface area contributed by atoms with Crippen LogP contribution in [0.2, 0.25) is 0 Å². The van der Waals surface area contributed by atoms with E-state index >= 15 is 0 Å². The Hall–Kier alpha value is -0.120. The normalized spacial score (nSPS) is 12.5. The molecule has 0 aromatic carbocycles. The zero-order valence-corrected chi connectivity index (χ0v) is 11.2. The summed E-state index contributed by atoms with van der Waals surface area (Å²) in [6.45, 7) is 7.44. The first-order valence-corrected chi connectivity index (χ1v) is 6.35. The molecule has 1 heterocycles. The number of rotatable bonds is 4. The highest BCUT2D eigenvalue weighted by molar-refractivity contribution is 9.11. The average Bonchev–Trinajstić information content (AvgIpc) is 2.48. The van der Waals surface area contributed by atoms with Gasteiger partial charge in [-0.05, 0) is 41.1 Å². The van der Waals surface area contributed by atoms with E-state index < -0.39 is 0 Å². The fraction of sp³-hybridized carbons (Fsp3) is 0.455. The molecule has 1 rings (SSSR count). The lowest BCUT2D eigenvalue weighted by Crippen LogP contribution is -2.24. The Morgan fingerprint density at radius 1 is 1.57 bits per heavy atom. The van der Waals surface area contributed by atoms with E-state index in [-0.39, 0.29) is 0 Å². The van der Waals surface area contributed by atoms with Crippen molar-refractivity contribution in [3.05, 3.63) is 26.4 Å². The summed E-state index contributed by atoms with van der Waals surface area (Å²) in [6, 6.07) is 4.77. The van der Waals surface area contributed by atoms with Gasteiger partial charge in [-0.2, -0.15) is 0 Å². The van der Waals surface area contributed by atoms with E-state index in [2.05, 4.69) is 60.2 Å². The summed E-state index contributed by atoms with van der Waals surface area (Å²) < 4.78 is 1.19. The van der Waals surface area contributed by atoms with Crippen LogP contribution in [0.3, 0.4) is 0 Å². The fourth-order valence-electron chi connectivity index (χ4n) is 1.06. The third kappa shape index (κ3) is 4.40. The molecule has 0 bridgehead atoms. The predicted octanol–water partition coefficient (Wildman–Crippen LogP) is 3.91. The third-order valence-electron chi connectivity index (χ3n) is 1.77. The Labute approximate surface area is 98.4 Å². The molecule has 14 heavy (non-hydrogen) atoms. The van der Waals surface area contributed by atoms with Gasteiger partial charge in [0.1, 0.15) is 0 Å². The lowest BCUT2D eigenvalue weighted by atomic mass is 10.2. The van der Waals surface area contributed by atoms with Gasteiger partial charge in [-0.25, -0.2) is 0 Å². The van der Waals surface area contributed by atoms with Gasteiger partial charge in [0.05, 0.1) is 3.79 Å². The van der Waals surface area contributed by atoms with Crippen molar-refractivity contribution in [3.63, 3.8) is 0 Å². The molecular weight excluding hydrogens is 258 g/mol. The molecule has 78 valence electrons. The third-order valence-corrected chi connectivity index (χ3v) is 3.34. The molecule has 0 saturated heterocycles. The maximum atomic E-state index is 3.46.